The molecule has 6 rings (SSSR count). The molecule has 0 aliphatic carbocycles. The molecular formula is C28H24Cl2SiZr. The van der Waals surface area contributed by atoms with Crippen LogP contribution < -0.4 is 24.8 Å². The summed E-state index contributed by atoms with van der Waals surface area (Å²) in [5.41, 5.74) is 0. The van der Waals surface area contributed by atoms with Crippen LogP contribution in [0.15, 0.2) is 109 Å². The Labute approximate surface area is 224 Å². The normalized spacial score (nSPS) is 9.56. The van der Waals surface area contributed by atoms with Gasteiger partial charge in [0.2, 0.25) is 0 Å². The Bertz CT molecular complexity index is 1160. The molecule has 0 heterocycles. The first-order chi connectivity index (χ1) is 14.3. The quantitative estimate of drug-likeness (QED) is 0.201. The molecule has 0 aromatic heterocycles. The Morgan fingerprint density at radius 3 is 1.16 bits per heavy atom. The van der Waals surface area contributed by atoms with Gasteiger partial charge in [-0.3, -0.25) is 0 Å². The van der Waals surface area contributed by atoms with E-state index in [1.165, 1.54) is 43.1 Å². The van der Waals surface area contributed by atoms with Gasteiger partial charge in [0.15, 0.2) is 0 Å². The van der Waals surface area contributed by atoms with Gasteiger partial charge in [-0.25, -0.2) is 0 Å². The van der Waals surface area contributed by atoms with Crippen LogP contribution in [-0.2, 0) is 26.2 Å². The summed E-state index contributed by atoms with van der Waals surface area (Å²) in [4.78, 5) is 0. The third-order valence-corrected chi connectivity index (χ3v) is 5.01. The summed E-state index contributed by atoms with van der Waals surface area (Å²) in [7, 11) is 1.08. The van der Waals surface area contributed by atoms with Gasteiger partial charge in [0.05, 0.1) is 0 Å². The van der Waals surface area contributed by atoms with Gasteiger partial charge in [-0.2, -0.15) is 24.3 Å². The van der Waals surface area contributed by atoms with Crippen molar-refractivity contribution in [2.45, 2.75) is 13.1 Å². The van der Waals surface area contributed by atoms with Crippen molar-refractivity contribution in [2.75, 3.05) is 0 Å². The molecule has 158 valence electrons. The molecule has 0 amide bonds. The number of hydrogen-bond donors (Lipinski definition) is 0. The molecule has 32 heavy (non-hydrogen) atoms. The van der Waals surface area contributed by atoms with Crippen molar-refractivity contribution in [3.63, 3.8) is 0 Å². The van der Waals surface area contributed by atoms with E-state index < -0.39 is 0 Å². The van der Waals surface area contributed by atoms with Crippen molar-refractivity contribution in [2.24, 2.45) is 0 Å². The predicted molar refractivity (Wildman–Crippen MR) is 132 cm³/mol. The zero-order valence-electron chi connectivity index (χ0n) is 18.1. The summed E-state index contributed by atoms with van der Waals surface area (Å²) in [5.74, 6) is 0. The Kier molecular flexibility index (Phi) is 12.2. The van der Waals surface area contributed by atoms with E-state index in [1.54, 1.807) is 0 Å². The number of fused-ring (bicyclic) bond motifs is 4. The average Bonchev–Trinajstić information content (AvgIpc) is 3.40. The molecule has 0 atom stereocenters. The fourth-order valence-electron chi connectivity index (χ4n) is 3.64. The van der Waals surface area contributed by atoms with E-state index in [2.05, 4.69) is 122 Å². The fourth-order valence-corrected chi connectivity index (χ4v) is 3.64. The first-order valence-corrected chi connectivity index (χ1v) is 12.0. The third-order valence-electron chi connectivity index (χ3n) is 5.01. The van der Waals surface area contributed by atoms with Gasteiger partial charge in [0, 0.05) is 9.52 Å². The van der Waals surface area contributed by atoms with Crippen molar-refractivity contribution in [3.8, 4) is 0 Å². The molecule has 4 heteroatoms. The van der Waals surface area contributed by atoms with Crippen molar-refractivity contribution in [3.05, 3.63) is 109 Å². The minimum atomic E-state index is 0. The number of halogens is 2. The topological polar surface area (TPSA) is 0 Å². The van der Waals surface area contributed by atoms with Gasteiger partial charge >= 0.3 is 26.2 Å². The standard InChI is InChI=1S/2C13H9.C2H6Si.2ClH.Zr/c2*1-2-5-11-9-13-7-3-6-12(13)8-10(11)4-1;1-3-2;;;/h2*1-9H;1-2H3;2*1H;/q2*-1;;;;+4/p-2. The Morgan fingerprint density at radius 2 is 0.812 bits per heavy atom. The zero-order chi connectivity index (χ0) is 20.1. The maximum Gasteiger partial charge on any atom is 4.00 e. The first-order valence-electron chi connectivity index (χ1n) is 9.95. The number of hydrogen-bond acceptors (Lipinski definition) is 0. The summed E-state index contributed by atoms with van der Waals surface area (Å²) in [6.45, 7) is 4.31. The van der Waals surface area contributed by atoms with Crippen LogP contribution >= 0.6 is 0 Å². The molecule has 0 aliphatic heterocycles. The van der Waals surface area contributed by atoms with Crippen molar-refractivity contribution < 1.29 is 51.0 Å². The van der Waals surface area contributed by atoms with Gasteiger partial charge in [-0.15, -0.1) is 45.8 Å². The second kappa shape index (κ2) is 13.8. The van der Waals surface area contributed by atoms with Crippen molar-refractivity contribution in [1.29, 1.82) is 0 Å². The van der Waals surface area contributed by atoms with Crippen LogP contribution in [0.2, 0.25) is 13.1 Å². The second-order valence-electron chi connectivity index (χ2n) is 7.21. The fraction of sp³-hybridized carbons (Fsp3) is 0.0714. The van der Waals surface area contributed by atoms with Crippen LogP contribution in [0.5, 0.6) is 0 Å². The van der Waals surface area contributed by atoms with E-state index in [4.69, 9.17) is 0 Å². The van der Waals surface area contributed by atoms with E-state index in [1.807, 2.05) is 0 Å². The molecule has 0 saturated carbocycles. The monoisotopic (exact) mass is 548 g/mol. The molecule has 2 radical (unpaired) electrons. The molecular weight excluding hydrogens is 527 g/mol. The van der Waals surface area contributed by atoms with E-state index in [9.17, 15) is 0 Å². The van der Waals surface area contributed by atoms with Crippen molar-refractivity contribution in [1.82, 2.24) is 0 Å². The summed E-state index contributed by atoms with van der Waals surface area (Å²) in [6, 6.07) is 38.7. The molecule has 0 fully saturated rings. The molecule has 0 N–H and O–H groups in total. The van der Waals surface area contributed by atoms with Gasteiger partial charge in [0.25, 0.3) is 0 Å². The van der Waals surface area contributed by atoms with Gasteiger partial charge in [-0.1, -0.05) is 84.5 Å². The summed E-state index contributed by atoms with van der Waals surface area (Å²) < 4.78 is 0. The van der Waals surface area contributed by atoms with Crippen LogP contribution in [0.25, 0.3) is 43.1 Å². The van der Waals surface area contributed by atoms with Crippen LogP contribution in [0.4, 0.5) is 0 Å². The molecule has 0 nitrogen and oxygen atoms in total. The summed E-state index contributed by atoms with van der Waals surface area (Å²) in [6.07, 6.45) is 0. The van der Waals surface area contributed by atoms with Gasteiger partial charge in [-0.05, 0) is 10.8 Å². The molecule has 6 aromatic carbocycles. The smallest absolute Gasteiger partial charge is 1.00 e. The Hall–Kier alpha value is -1.70. The third kappa shape index (κ3) is 6.65. The average molecular weight is 551 g/mol. The minimum Gasteiger partial charge on any atom is -1.00 e. The Balaban J connectivity index is 0.000000264. The largest absolute Gasteiger partial charge is 4.00 e. The molecule has 0 spiro atoms. The molecule has 0 aliphatic rings. The summed E-state index contributed by atoms with van der Waals surface area (Å²) in [5, 5.41) is 10.6. The van der Waals surface area contributed by atoms with Crippen LogP contribution in [0, 0.1) is 0 Å². The van der Waals surface area contributed by atoms with E-state index in [0.717, 1.165) is 9.52 Å². The Morgan fingerprint density at radius 1 is 0.500 bits per heavy atom. The summed E-state index contributed by atoms with van der Waals surface area (Å²) >= 11 is 0. The molecule has 0 unspecified atom stereocenters. The van der Waals surface area contributed by atoms with E-state index >= 15 is 0 Å². The predicted octanol–water partition coefficient (Wildman–Crippen LogP) is 2.22. The second-order valence-corrected chi connectivity index (χ2v) is 8.21. The minimum absolute atomic E-state index is 0. The maximum atomic E-state index is 2.24. The molecule has 0 saturated heterocycles. The van der Waals surface area contributed by atoms with E-state index in [0.29, 0.717) is 0 Å². The van der Waals surface area contributed by atoms with Gasteiger partial charge < -0.3 is 24.8 Å². The van der Waals surface area contributed by atoms with Crippen LogP contribution in [0.3, 0.4) is 0 Å². The zero-order valence-corrected chi connectivity index (χ0v) is 23.1. The number of rotatable bonds is 0. The number of benzene rings is 4. The molecule has 0 bridgehead atoms. The SMILES string of the molecule is C[Si]C.[Cl-].[Cl-].[Zr+4].c1ccc2cc3[cH-]ccc3cc2c1.c1ccc2cc3[cH-]ccc3cc2c1. The van der Waals surface area contributed by atoms with Crippen LogP contribution in [0.1, 0.15) is 0 Å². The maximum absolute atomic E-state index is 2.24. The van der Waals surface area contributed by atoms with E-state index in [-0.39, 0.29) is 51.0 Å². The van der Waals surface area contributed by atoms with Crippen LogP contribution in [-0.4, -0.2) is 9.52 Å². The van der Waals surface area contributed by atoms with Gasteiger partial charge in [0.1, 0.15) is 0 Å². The molecule has 6 aromatic rings. The van der Waals surface area contributed by atoms with Crippen molar-refractivity contribution >= 4 is 52.6 Å². The first kappa shape index (κ1) is 28.3.